The molecule has 2 heterocycles. The van der Waals surface area contributed by atoms with Crippen LogP contribution in [0.5, 0.6) is 0 Å². The number of imidazole rings is 1. The van der Waals surface area contributed by atoms with Crippen LogP contribution < -0.4 is 4.72 Å². The monoisotopic (exact) mass is 238 g/mol. The number of aromatic nitrogens is 3. The third-order valence-electron chi connectivity index (χ3n) is 1.87. The molecule has 0 saturated carbocycles. The molecule has 16 heavy (non-hydrogen) atoms. The van der Waals surface area contributed by atoms with E-state index in [9.17, 15) is 8.42 Å². The van der Waals surface area contributed by atoms with Crippen molar-refractivity contribution in [2.45, 2.75) is 5.03 Å². The highest BCUT2D eigenvalue weighted by molar-refractivity contribution is 7.92. The molecule has 0 atom stereocenters. The Hall–Kier alpha value is -1.89. The third kappa shape index (κ3) is 2.19. The molecule has 6 nitrogen and oxygen atoms in total. The van der Waals surface area contributed by atoms with Crippen molar-refractivity contribution >= 4 is 15.7 Å². The number of nitrogens with one attached hydrogen (secondary N) is 1. The SMILES string of the molecule is Cn1cnc(S(=O)(=O)Nc2cccnc2)c1. The van der Waals surface area contributed by atoms with Crippen molar-refractivity contribution < 1.29 is 8.42 Å². The Labute approximate surface area is 93.0 Å². The number of hydrogen-bond acceptors (Lipinski definition) is 4. The molecule has 2 aromatic rings. The molecular formula is C9H10N4O2S. The molecule has 2 rings (SSSR count). The van der Waals surface area contributed by atoms with E-state index in [1.165, 1.54) is 18.7 Å². The number of anilines is 1. The maximum atomic E-state index is 11.8. The van der Waals surface area contributed by atoms with Gasteiger partial charge in [0.05, 0.1) is 18.2 Å². The molecule has 0 aliphatic heterocycles. The summed E-state index contributed by atoms with van der Waals surface area (Å²) in [7, 11) is -1.91. The fourth-order valence-electron chi connectivity index (χ4n) is 1.16. The molecule has 0 spiro atoms. The number of rotatable bonds is 3. The molecule has 0 fully saturated rings. The molecule has 0 bridgehead atoms. The molecule has 0 aromatic carbocycles. The number of nitrogens with zero attached hydrogens (tertiary/aromatic N) is 3. The molecule has 0 unspecified atom stereocenters. The highest BCUT2D eigenvalue weighted by Crippen LogP contribution is 2.12. The van der Waals surface area contributed by atoms with E-state index in [4.69, 9.17) is 0 Å². The van der Waals surface area contributed by atoms with Gasteiger partial charge in [0.1, 0.15) is 0 Å². The third-order valence-corrected chi connectivity index (χ3v) is 3.14. The minimum absolute atomic E-state index is 0.0150. The van der Waals surface area contributed by atoms with Gasteiger partial charge < -0.3 is 4.57 Å². The zero-order valence-corrected chi connectivity index (χ0v) is 9.35. The van der Waals surface area contributed by atoms with Gasteiger partial charge in [-0.3, -0.25) is 9.71 Å². The van der Waals surface area contributed by atoms with Crippen LogP contribution in [0.2, 0.25) is 0 Å². The smallest absolute Gasteiger partial charge is 0.280 e. The Morgan fingerprint density at radius 3 is 2.81 bits per heavy atom. The van der Waals surface area contributed by atoms with Gasteiger partial charge in [0.15, 0.2) is 5.03 Å². The number of aryl methyl sites for hydroxylation is 1. The van der Waals surface area contributed by atoms with Gasteiger partial charge in [-0.1, -0.05) is 0 Å². The highest BCUT2D eigenvalue weighted by atomic mass is 32.2. The molecule has 1 N–H and O–H groups in total. The lowest BCUT2D eigenvalue weighted by Crippen LogP contribution is -2.13. The Bertz CT molecular complexity index is 577. The lowest BCUT2D eigenvalue weighted by atomic mass is 10.4. The Kier molecular flexibility index (Phi) is 2.61. The largest absolute Gasteiger partial charge is 0.339 e. The lowest BCUT2D eigenvalue weighted by Gasteiger charge is -2.03. The van der Waals surface area contributed by atoms with E-state index in [-0.39, 0.29) is 5.03 Å². The Balaban J connectivity index is 2.28. The van der Waals surface area contributed by atoms with Crippen LogP contribution in [-0.2, 0) is 17.1 Å². The van der Waals surface area contributed by atoms with E-state index in [1.54, 1.807) is 29.9 Å². The van der Waals surface area contributed by atoms with Gasteiger partial charge in [0.2, 0.25) is 0 Å². The number of sulfonamides is 1. The molecule has 0 saturated heterocycles. The molecule has 0 aliphatic rings. The van der Waals surface area contributed by atoms with Crippen molar-refractivity contribution in [3.8, 4) is 0 Å². The first kappa shape index (κ1) is 10.6. The summed E-state index contributed by atoms with van der Waals surface area (Å²) in [6, 6.07) is 3.27. The van der Waals surface area contributed by atoms with Gasteiger partial charge in [-0.25, -0.2) is 4.98 Å². The van der Waals surface area contributed by atoms with E-state index in [1.807, 2.05) is 0 Å². The summed E-state index contributed by atoms with van der Waals surface area (Å²) in [5.41, 5.74) is 0.410. The molecule has 0 amide bonds. The van der Waals surface area contributed by atoms with Gasteiger partial charge >= 0.3 is 0 Å². The van der Waals surface area contributed by atoms with Crippen LogP contribution in [0.1, 0.15) is 0 Å². The predicted molar refractivity (Wildman–Crippen MR) is 58.3 cm³/mol. The second-order valence-corrected chi connectivity index (χ2v) is 4.85. The Morgan fingerprint density at radius 1 is 1.44 bits per heavy atom. The van der Waals surface area contributed by atoms with Crippen LogP contribution >= 0.6 is 0 Å². The summed E-state index contributed by atoms with van der Waals surface area (Å²) in [5.74, 6) is 0. The predicted octanol–water partition coefficient (Wildman–Crippen LogP) is 0.616. The molecule has 2 aromatic heterocycles. The fraction of sp³-hybridized carbons (Fsp3) is 0.111. The van der Waals surface area contributed by atoms with Crippen LogP contribution in [0.25, 0.3) is 0 Å². The lowest BCUT2D eigenvalue weighted by molar-refractivity contribution is 0.598. The first-order valence-electron chi connectivity index (χ1n) is 4.49. The average Bonchev–Trinajstić information content (AvgIpc) is 2.66. The molecular weight excluding hydrogens is 228 g/mol. The molecule has 84 valence electrons. The zero-order valence-electron chi connectivity index (χ0n) is 8.53. The van der Waals surface area contributed by atoms with Gasteiger partial charge in [0.25, 0.3) is 10.0 Å². The van der Waals surface area contributed by atoms with E-state index < -0.39 is 10.0 Å². The van der Waals surface area contributed by atoms with Crippen molar-refractivity contribution in [2.24, 2.45) is 7.05 Å². The van der Waals surface area contributed by atoms with Crippen molar-refractivity contribution in [2.75, 3.05) is 4.72 Å². The second kappa shape index (κ2) is 3.93. The standard InChI is InChI=1S/C9H10N4O2S/c1-13-6-9(11-7-13)16(14,15)12-8-3-2-4-10-5-8/h2-7,12H,1H3. The van der Waals surface area contributed by atoms with E-state index in [0.29, 0.717) is 5.69 Å². The van der Waals surface area contributed by atoms with Crippen LogP contribution in [0, 0.1) is 0 Å². The fourth-order valence-corrected chi connectivity index (χ4v) is 2.18. The minimum atomic E-state index is -3.61. The Morgan fingerprint density at radius 2 is 2.25 bits per heavy atom. The van der Waals surface area contributed by atoms with Crippen LogP contribution in [0.3, 0.4) is 0 Å². The summed E-state index contributed by atoms with van der Waals surface area (Å²) >= 11 is 0. The van der Waals surface area contributed by atoms with Gasteiger partial charge in [0, 0.05) is 19.4 Å². The van der Waals surface area contributed by atoms with Crippen LogP contribution in [-0.4, -0.2) is 23.0 Å². The van der Waals surface area contributed by atoms with E-state index in [0.717, 1.165) is 0 Å². The van der Waals surface area contributed by atoms with Crippen molar-refractivity contribution in [3.63, 3.8) is 0 Å². The van der Waals surface area contributed by atoms with Crippen molar-refractivity contribution in [1.82, 2.24) is 14.5 Å². The topological polar surface area (TPSA) is 76.9 Å². The quantitative estimate of drug-likeness (QED) is 0.850. The van der Waals surface area contributed by atoms with E-state index in [2.05, 4.69) is 14.7 Å². The first-order chi connectivity index (χ1) is 7.58. The van der Waals surface area contributed by atoms with Crippen molar-refractivity contribution in [1.29, 1.82) is 0 Å². The summed E-state index contributed by atoms with van der Waals surface area (Å²) in [6.45, 7) is 0. The summed E-state index contributed by atoms with van der Waals surface area (Å²) in [5, 5.41) is -0.0150. The van der Waals surface area contributed by atoms with E-state index >= 15 is 0 Å². The van der Waals surface area contributed by atoms with Gasteiger partial charge in [-0.2, -0.15) is 8.42 Å². The second-order valence-electron chi connectivity index (χ2n) is 3.22. The molecule has 7 heteroatoms. The number of pyridine rings is 1. The van der Waals surface area contributed by atoms with Crippen molar-refractivity contribution in [3.05, 3.63) is 37.1 Å². The summed E-state index contributed by atoms with van der Waals surface area (Å²) in [6.07, 6.45) is 5.86. The highest BCUT2D eigenvalue weighted by Gasteiger charge is 2.16. The molecule has 0 radical (unpaired) electrons. The van der Waals surface area contributed by atoms with Crippen LogP contribution in [0.15, 0.2) is 42.1 Å². The maximum absolute atomic E-state index is 11.8. The number of hydrogen-bond donors (Lipinski definition) is 1. The first-order valence-corrected chi connectivity index (χ1v) is 5.97. The van der Waals surface area contributed by atoms with Crippen LogP contribution in [0.4, 0.5) is 5.69 Å². The average molecular weight is 238 g/mol. The summed E-state index contributed by atoms with van der Waals surface area (Å²) in [4.78, 5) is 7.59. The summed E-state index contributed by atoms with van der Waals surface area (Å²) < 4.78 is 27.5. The minimum Gasteiger partial charge on any atom is -0.339 e. The zero-order chi connectivity index (χ0) is 11.6. The van der Waals surface area contributed by atoms with Gasteiger partial charge in [-0.05, 0) is 12.1 Å². The normalized spacial score (nSPS) is 11.3. The molecule has 0 aliphatic carbocycles. The maximum Gasteiger partial charge on any atom is 0.280 e. The van der Waals surface area contributed by atoms with Gasteiger partial charge in [-0.15, -0.1) is 0 Å².